The van der Waals surface area contributed by atoms with Crippen LogP contribution < -0.4 is 5.73 Å². The van der Waals surface area contributed by atoms with Gasteiger partial charge in [0.2, 0.25) is 0 Å². The van der Waals surface area contributed by atoms with Gasteiger partial charge in [-0.2, -0.15) is 0 Å². The van der Waals surface area contributed by atoms with Gasteiger partial charge in [0.1, 0.15) is 0 Å². The first-order chi connectivity index (χ1) is 9.83. The molecule has 4 nitrogen and oxygen atoms in total. The number of aromatic nitrogens is 1. The van der Waals surface area contributed by atoms with Crippen molar-refractivity contribution in [2.75, 3.05) is 32.7 Å². The zero-order valence-corrected chi connectivity index (χ0v) is 11.6. The van der Waals surface area contributed by atoms with Gasteiger partial charge in [-0.05, 0) is 11.6 Å². The lowest BCUT2D eigenvalue weighted by Gasteiger charge is -2.49. The van der Waals surface area contributed by atoms with Crippen LogP contribution in [0.3, 0.4) is 0 Å². The van der Waals surface area contributed by atoms with Crippen LogP contribution in [0, 0.1) is 0 Å². The van der Waals surface area contributed by atoms with Crippen LogP contribution in [0.15, 0.2) is 36.5 Å². The summed E-state index contributed by atoms with van der Waals surface area (Å²) in [6.07, 6.45) is 1.86. The summed E-state index contributed by atoms with van der Waals surface area (Å²) in [4.78, 5) is 9.63. The first-order valence-electron chi connectivity index (χ1n) is 7.38. The number of benzene rings is 1. The number of pyridine rings is 1. The summed E-state index contributed by atoms with van der Waals surface area (Å²) in [5, 5.41) is 1.18. The van der Waals surface area contributed by atoms with Crippen LogP contribution in [0.25, 0.3) is 10.9 Å². The molecule has 2 aromatic rings. The molecule has 1 aromatic carbocycles. The van der Waals surface area contributed by atoms with Crippen LogP contribution in [0.1, 0.15) is 11.6 Å². The van der Waals surface area contributed by atoms with Crippen molar-refractivity contribution in [2.45, 2.75) is 12.1 Å². The molecule has 5 rings (SSSR count). The van der Waals surface area contributed by atoms with Crippen molar-refractivity contribution in [1.29, 1.82) is 0 Å². The average molecular weight is 268 g/mol. The molecule has 3 aliphatic rings. The molecule has 2 bridgehead atoms. The van der Waals surface area contributed by atoms with E-state index in [1.54, 1.807) is 0 Å². The minimum atomic E-state index is 0.0386. The molecule has 0 amide bonds. The van der Waals surface area contributed by atoms with Gasteiger partial charge in [0, 0.05) is 56.4 Å². The van der Waals surface area contributed by atoms with Gasteiger partial charge in [-0.15, -0.1) is 0 Å². The van der Waals surface area contributed by atoms with Crippen molar-refractivity contribution < 1.29 is 0 Å². The van der Waals surface area contributed by atoms with Gasteiger partial charge in [0.25, 0.3) is 0 Å². The smallest absolute Gasteiger partial charge is 0.0750 e. The molecule has 2 atom stereocenters. The molecule has 4 heteroatoms. The summed E-state index contributed by atoms with van der Waals surface area (Å²) in [5.74, 6) is 0. The van der Waals surface area contributed by atoms with Crippen LogP contribution in [0.2, 0.25) is 0 Å². The minimum Gasteiger partial charge on any atom is -0.323 e. The third-order valence-electron chi connectivity index (χ3n) is 4.76. The molecule has 0 aliphatic carbocycles. The van der Waals surface area contributed by atoms with Crippen molar-refractivity contribution in [3.8, 4) is 0 Å². The van der Waals surface area contributed by atoms with Gasteiger partial charge in [-0.1, -0.05) is 24.3 Å². The lowest BCUT2D eigenvalue weighted by Crippen LogP contribution is -2.63. The minimum absolute atomic E-state index is 0.0386. The molecular formula is C16H20N4. The monoisotopic (exact) mass is 268 g/mol. The van der Waals surface area contributed by atoms with Crippen molar-refractivity contribution in [2.24, 2.45) is 5.73 Å². The Morgan fingerprint density at radius 3 is 2.65 bits per heavy atom. The van der Waals surface area contributed by atoms with Gasteiger partial charge in [-0.3, -0.25) is 14.8 Å². The second-order valence-electron chi connectivity index (χ2n) is 5.85. The second kappa shape index (κ2) is 4.81. The van der Waals surface area contributed by atoms with Gasteiger partial charge >= 0.3 is 0 Å². The Morgan fingerprint density at radius 1 is 1.10 bits per heavy atom. The number of nitrogens with zero attached hydrogens (tertiary/aromatic N) is 3. The van der Waals surface area contributed by atoms with Crippen LogP contribution in [0.4, 0.5) is 0 Å². The fourth-order valence-electron chi connectivity index (χ4n) is 3.60. The molecule has 0 radical (unpaired) electrons. The molecular weight excluding hydrogens is 248 g/mol. The van der Waals surface area contributed by atoms with E-state index in [-0.39, 0.29) is 6.04 Å². The number of para-hydroxylation sites is 1. The van der Waals surface area contributed by atoms with Gasteiger partial charge in [0.05, 0.1) is 5.52 Å². The van der Waals surface area contributed by atoms with Crippen molar-refractivity contribution in [3.63, 3.8) is 0 Å². The van der Waals surface area contributed by atoms with Crippen LogP contribution >= 0.6 is 0 Å². The number of hydrogen-bond acceptors (Lipinski definition) is 4. The van der Waals surface area contributed by atoms with Gasteiger partial charge < -0.3 is 5.73 Å². The largest absolute Gasteiger partial charge is 0.323 e. The summed E-state index contributed by atoms with van der Waals surface area (Å²) in [7, 11) is 0. The number of nitrogens with two attached hydrogens (primary N) is 1. The highest BCUT2D eigenvalue weighted by molar-refractivity contribution is 5.82. The van der Waals surface area contributed by atoms with E-state index in [1.165, 1.54) is 24.0 Å². The Morgan fingerprint density at radius 2 is 1.90 bits per heavy atom. The highest BCUT2D eigenvalue weighted by atomic mass is 15.3. The SMILES string of the molecule is NC(c1cccc2cccnc12)C1CN2CCN1CC2. The number of rotatable bonds is 2. The average Bonchev–Trinajstić information content (AvgIpc) is 2.54. The third kappa shape index (κ3) is 1.92. The predicted octanol–water partition coefficient (Wildman–Crippen LogP) is 1.23. The lowest BCUT2D eigenvalue weighted by molar-refractivity contribution is 0.00231. The molecule has 0 spiro atoms. The van der Waals surface area contributed by atoms with E-state index in [0.717, 1.165) is 25.2 Å². The summed E-state index contributed by atoms with van der Waals surface area (Å²) in [6, 6.07) is 10.9. The molecule has 2 N–H and O–H groups in total. The maximum atomic E-state index is 6.61. The zero-order chi connectivity index (χ0) is 13.5. The Hall–Kier alpha value is -1.49. The summed E-state index contributed by atoms with van der Waals surface area (Å²) in [6.45, 7) is 5.77. The molecule has 3 saturated heterocycles. The third-order valence-corrected chi connectivity index (χ3v) is 4.76. The van der Waals surface area contributed by atoms with Crippen molar-refractivity contribution in [1.82, 2.24) is 14.8 Å². The fraction of sp³-hybridized carbons (Fsp3) is 0.438. The Bertz CT molecular complexity index is 613. The summed E-state index contributed by atoms with van der Waals surface area (Å²) >= 11 is 0. The summed E-state index contributed by atoms with van der Waals surface area (Å²) < 4.78 is 0. The molecule has 3 aliphatic heterocycles. The van der Waals surface area contributed by atoms with Crippen molar-refractivity contribution >= 4 is 10.9 Å². The predicted molar refractivity (Wildman–Crippen MR) is 80.5 cm³/mol. The molecule has 2 unspecified atom stereocenters. The highest BCUT2D eigenvalue weighted by Crippen LogP contribution is 2.29. The van der Waals surface area contributed by atoms with Gasteiger partial charge in [0.15, 0.2) is 0 Å². The number of piperazine rings is 3. The van der Waals surface area contributed by atoms with E-state index >= 15 is 0 Å². The Balaban J connectivity index is 1.72. The van der Waals surface area contributed by atoms with E-state index in [2.05, 4.69) is 39.0 Å². The van der Waals surface area contributed by atoms with Crippen molar-refractivity contribution in [3.05, 3.63) is 42.1 Å². The summed E-state index contributed by atoms with van der Waals surface area (Å²) in [5.41, 5.74) is 8.85. The normalized spacial score (nSPS) is 30.6. The van der Waals surface area contributed by atoms with Crippen LogP contribution in [-0.4, -0.2) is 53.5 Å². The first kappa shape index (κ1) is 12.3. The second-order valence-corrected chi connectivity index (χ2v) is 5.85. The molecule has 20 heavy (non-hydrogen) atoms. The molecule has 3 fully saturated rings. The highest BCUT2D eigenvalue weighted by Gasteiger charge is 2.36. The van der Waals surface area contributed by atoms with E-state index in [4.69, 9.17) is 5.73 Å². The Labute approximate surface area is 119 Å². The van der Waals surface area contributed by atoms with E-state index < -0.39 is 0 Å². The standard InChI is InChI=1S/C16H20N4/c17-15(14-11-19-7-9-20(14)10-8-19)13-5-1-3-12-4-2-6-18-16(12)13/h1-6,14-15H,7-11,17H2. The van der Waals surface area contributed by atoms with E-state index in [9.17, 15) is 0 Å². The molecule has 1 aromatic heterocycles. The number of hydrogen-bond donors (Lipinski definition) is 1. The Kier molecular flexibility index (Phi) is 2.95. The zero-order valence-electron chi connectivity index (χ0n) is 11.6. The fourth-order valence-corrected chi connectivity index (χ4v) is 3.60. The van der Waals surface area contributed by atoms with Gasteiger partial charge in [-0.25, -0.2) is 0 Å². The molecule has 0 saturated carbocycles. The maximum Gasteiger partial charge on any atom is 0.0750 e. The van der Waals surface area contributed by atoms with Crippen LogP contribution in [0.5, 0.6) is 0 Å². The van der Waals surface area contributed by atoms with E-state index in [0.29, 0.717) is 6.04 Å². The first-order valence-corrected chi connectivity index (χ1v) is 7.38. The maximum absolute atomic E-state index is 6.61. The van der Waals surface area contributed by atoms with E-state index in [1.807, 2.05) is 12.3 Å². The quantitative estimate of drug-likeness (QED) is 0.890. The van der Waals surface area contributed by atoms with Crippen LogP contribution in [-0.2, 0) is 0 Å². The molecule has 104 valence electrons. The topological polar surface area (TPSA) is 45.4 Å². The lowest BCUT2D eigenvalue weighted by atomic mass is 9.93. The molecule has 4 heterocycles. The number of fused-ring (bicyclic) bond motifs is 4.